The van der Waals surface area contributed by atoms with Crippen molar-refractivity contribution in [1.82, 2.24) is 0 Å². The van der Waals surface area contributed by atoms with Gasteiger partial charge in [0.2, 0.25) is 0 Å². The molecule has 1 nitrogen and oxygen atoms in total. The number of unbranched alkanes of at least 4 members (excludes halogenated alkanes) is 2. The van der Waals surface area contributed by atoms with Crippen LogP contribution in [-0.4, -0.2) is 6.29 Å². The molecular weight excluding hydrogens is 400 g/mol. The molecule has 0 amide bonds. The first-order valence-corrected chi connectivity index (χ1v) is 14.5. The molecule has 182 valence electrons. The summed E-state index contributed by atoms with van der Waals surface area (Å²) < 4.78 is 0. The van der Waals surface area contributed by atoms with Gasteiger partial charge in [0.1, 0.15) is 6.29 Å². The molecule has 3 saturated carbocycles. The number of allylic oxidation sites excluding steroid dienone is 1. The molecule has 0 atom stereocenters. The Morgan fingerprint density at radius 1 is 0.727 bits per heavy atom. The van der Waals surface area contributed by atoms with E-state index in [-0.39, 0.29) is 0 Å². The predicted molar refractivity (Wildman–Crippen MR) is 141 cm³/mol. The first-order valence-electron chi connectivity index (χ1n) is 14.5. The molecule has 0 bridgehead atoms. The molecule has 3 fully saturated rings. The number of rotatable bonds is 9. The largest absolute Gasteiger partial charge is 0.303 e. The van der Waals surface area contributed by atoms with E-state index in [1.165, 1.54) is 101 Å². The Bertz CT molecular complexity index is 707. The van der Waals surface area contributed by atoms with Gasteiger partial charge < -0.3 is 4.79 Å². The monoisotopic (exact) mass is 448 g/mol. The molecule has 3 aliphatic rings. The maximum Gasteiger partial charge on any atom is 0.123 e. The van der Waals surface area contributed by atoms with Gasteiger partial charge in [-0.2, -0.15) is 0 Å². The molecule has 4 rings (SSSR count). The van der Waals surface area contributed by atoms with Crippen LogP contribution in [0.4, 0.5) is 0 Å². The lowest BCUT2D eigenvalue weighted by molar-refractivity contribution is -0.111. The molecular formula is C32H48O. The maximum absolute atomic E-state index is 11.0. The highest BCUT2D eigenvalue weighted by Crippen LogP contribution is 2.42. The molecule has 0 spiro atoms. The molecule has 0 saturated heterocycles. The van der Waals surface area contributed by atoms with E-state index < -0.39 is 0 Å². The van der Waals surface area contributed by atoms with E-state index in [4.69, 9.17) is 0 Å². The van der Waals surface area contributed by atoms with Gasteiger partial charge in [0, 0.05) is 5.92 Å². The van der Waals surface area contributed by atoms with Crippen molar-refractivity contribution >= 4 is 12.4 Å². The van der Waals surface area contributed by atoms with Crippen LogP contribution in [0, 0.1) is 29.6 Å². The standard InChI is InChI=1S/C32H48O/c1-2-3-4-5-25-8-16-29(17-9-25)30-18-10-26(11-19-30)6-7-27-12-20-31(21-13-27)32-22-14-28(24-33)15-23-32/h6-7,12-13,20-21,24-26,28-30,32H,2-5,8-11,14-19,22-23H2,1H3. The summed E-state index contributed by atoms with van der Waals surface area (Å²) in [7, 11) is 0. The average Bonchev–Trinajstić information content (AvgIpc) is 2.89. The zero-order valence-electron chi connectivity index (χ0n) is 21.2. The van der Waals surface area contributed by atoms with Crippen LogP contribution in [0.5, 0.6) is 0 Å². The number of carbonyl (C=O) groups is 1. The minimum absolute atomic E-state index is 0.309. The van der Waals surface area contributed by atoms with E-state index in [0.29, 0.717) is 11.8 Å². The van der Waals surface area contributed by atoms with Gasteiger partial charge in [0.25, 0.3) is 0 Å². The van der Waals surface area contributed by atoms with Crippen LogP contribution in [0.25, 0.3) is 6.08 Å². The van der Waals surface area contributed by atoms with Crippen molar-refractivity contribution in [2.75, 3.05) is 0 Å². The fraction of sp³-hybridized carbons (Fsp3) is 0.719. The van der Waals surface area contributed by atoms with Gasteiger partial charge in [-0.25, -0.2) is 0 Å². The summed E-state index contributed by atoms with van der Waals surface area (Å²) in [6.45, 7) is 2.32. The molecule has 33 heavy (non-hydrogen) atoms. The Balaban J connectivity index is 1.16. The van der Waals surface area contributed by atoms with E-state index in [2.05, 4.69) is 43.3 Å². The lowest BCUT2D eigenvalue weighted by Gasteiger charge is -2.37. The summed E-state index contributed by atoms with van der Waals surface area (Å²) in [6, 6.07) is 9.28. The van der Waals surface area contributed by atoms with Crippen molar-refractivity contribution in [3.8, 4) is 0 Å². The van der Waals surface area contributed by atoms with Gasteiger partial charge in [0.15, 0.2) is 0 Å². The molecule has 0 aromatic heterocycles. The zero-order valence-corrected chi connectivity index (χ0v) is 21.2. The van der Waals surface area contributed by atoms with Crippen molar-refractivity contribution in [1.29, 1.82) is 0 Å². The van der Waals surface area contributed by atoms with Gasteiger partial charge in [0.05, 0.1) is 0 Å². The smallest absolute Gasteiger partial charge is 0.123 e. The second-order valence-electron chi connectivity index (χ2n) is 11.7. The van der Waals surface area contributed by atoms with Gasteiger partial charge in [-0.05, 0) is 105 Å². The van der Waals surface area contributed by atoms with Crippen LogP contribution in [0.15, 0.2) is 30.3 Å². The number of hydrogen-bond acceptors (Lipinski definition) is 1. The van der Waals surface area contributed by atoms with Crippen LogP contribution >= 0.6 is 0 Å². The maximum atomic E-state index is 11.0. The minimum atomic E-state index is 0.309. The van der Waals surface area contributed by atoms with Crippen LogP contribution in [0.1, 0.15) is 127 Å². The number of aldehydes is 1. The Kier molecular flexibility index (Phi) is 9.68. The van der Waals surface area contributed by atoms with E-state index in [9.17, 15) is 4.79 Å². The van der Waals surface area contributed by atoms with Crippen molar-refractivity contribution < 1.29 is 4.79 Å². The van der Waals surface area contributed by atoms with Gasteiger partial charge in [-0.15, -0.1) is 0 Å². The fourth-order valence-electron chi connectivity index (χ4n) is 7.16. The number of benzene rings is 1. The van der Waals surface area contributed by atoms with Crippen LogP contribution in [0.3, 0.4) is 0 Å². The topological polar surface area (TPSA) is 17.1 Å². The summed E-state index contributed by atoms with van der Waals surface area (Å²) in [5.41, 5.74) is 2.82. The minimum Gasteiger partial charge on any atom is -0.303 e. The number of hydrogen-bond donors (Lipinski definition) is 0. The number of carbonyl (C=O) groups excluding carboxylic acids is 1. The summed E-state index contributed by atoms with van der Waals surface area (Å²) in [5.74, 6) is 4.84. The Morgan fingerprint density at radius 3 is 1.94 bits per heavy atom. The third kappa shape index (κ3) is 7.30. The highest BCUT2D eigenvalue weighted by molar-refractivity contribution is 5.54. The van der Waals surface area contributed by atoms with Gasteiger partial charge in [-0.3, -0.25) is 0 Å². The lowest BCUT2D eigenvalue weighted by Crippen LogP contribution is -2.25. The molecule has 1 heteroatoms. The lowest BCUT2D eigenvalue weighted by atomic mass is 9.68. The van der Waals surface area contributed by atoms with E-state index in [0.717, 1.165) is 42.8 Å². The SMILES string of the molecule is CCCCCC1CCC(C2CCC(C=Cc3ccc(C4CCC(C=O)CC4)cc3)CC2)CC1. The van der Waals surface area contributed by atoms with E-state index in [1.807, 2.05) is 0 Å². The van der Waals surface area contributed by atoms with E-state index >= 15 is 0 Å². The van der Waals surface area contributed by atoms with Crippen LogP contribution in [-0.2, 0) is 4.79 Å². The molecule has 1 aromatic rings. The van der Waals surface area contributed by atoms with Crippen LogP contribution in [0.2, 0.25) is 0 Å². The summed E-state index contributed by atoms with van der Waals surface area (Å²) in [4.78, 5) is 11.0. The van der Waals surface area contributed by atoms with Crippen molar-refractivity contribution in [2.45, 2.75) is 116 Å². The molecule has 0 heterocycles. The third-order valence-electron chi connectivity index (χ3n) is 9.52. The van der Waals surface area contributed by atoms with Crippen molar-refractivity contribution in [3.05, 3.63) is 41.5 Å². The summed E-state index contributed by atoms with van der Waals surface area (Å²) >= 11 is 0. The second kappa shape index (κ2) is 12.9. The zero-order chi connectivity index (χ0) is 22.9. The molecule has 1 aromatic carbocycles. The Hall–Kier alpha value is -1.37. The predicted octanol–water partition coefficient (Wildman–Crippen LogP) is 9.37. The summed E-state index contributed by atoms with van der Waals surface area (Å²) in [6.07, 6.45) is 28.1. The van der Waals surface area contributed by atoms with Gasteiger partial charge in [-0.1, -0.05) is 81.9 Å². The Labute approximate surface area is 203 Å². The Morgan fingerprint density at radius 2 is 1.33 bits per heavy atom. The van der Waals surface area contributed by atoms with Crippen molar-refractivity contribution in [3.63, 3.8) is 0 Å². The molecule has 0 radical (unpaired) electrons. The van der Waals surface area contributed by atoms with E-state index in [1.54, 1.807) is 0 Å². The molecule has 0 N–H and O–H groups in total. The molecule has 0 aliphatic heterocycles. The third-order valence-corrected chi connectivity index (χ3v) is 9.52. The highest BCUT2D eigenvalue weighted by atomic mass is 16.1. The quantitative estimate of drug-likeness (QED) is 0.271. The fourth-order valence-corrected chi connectivity index (χ4v) is 7.16. The highest BCUT2D eigenvalue weighted by Gasteiger charge is 2.30. The first kappa shape index (κ1) is 24.7. The summed E-state index contributed by atoms with van der Waals surface area (Å²) in [5, 5.41) is 0. The van der Waals surface area contributed by atoms with Crippen LogP contribution < -0.4 is 0 Å². The average molecular weight is 449 g/mol. The van der Waals surface area contributed by atoms with Crippen molar-refractivity contribution in [2.24, 2.45) is 29.6 Å². The second-order valence-corrected chi connectivity index (χ2v) is 11.7. The molecule has 3 aliphatic carbocycles. The van der Waals surface area contributed by atoms with Gasteiger partial charge >= 0.3 is 0 Å². The normalized spacial score (nSPS) is 33.2. The first-order chi connectivity index (χ1) is 16.2. The molecule has 0 unspecified atom stereocenters.